The Bertz CT molecular complexity index is 1470. The van der Waals surface area contributed by atoms with Crippen molar-refractivity contribution < 1.29 is 32.3 Å². The van der Waals surface area contributed by atoms with Gasteiger partial charge in [0.05, 0.1) is 16.4 Å². The highest BCUT2D eigenvalue weighted by atomic mass is 32.2. The molecule has 9 nitrogen and oxygen atoms in total. The summed E-state index contributed by atoms with van der Waals surface area (Å²) in [6, 6.07) is 18.8. The monoisotopic (exact) mass is 587 g/mol. The fourth-order valence-corrected chi connectivity index (χ4v) is 5.39. The maximum absolute atomic E-state index is 14.9. The molecule has 0 bridgehead atoms. The zero-order valence-corrected chi connectivity index (χ0v) is 23.3. The highest BCUT2D eigenvalue weighted by Gasteiger charge is 2.24. The van der Waals surface area contributed by atoms with Gasteiger partial charge in [-0.25, -0.2) is 17.5 Å². The van der Waals surface area contributed by atoms with Gasteiger partial charge < -0.3 is 15.7 Å². The zero-order valence-electron chi connectivity index (χ0n) is 21.6. The molecule has 0 saturated carbocycles. The van der Waals surface area contributed by atoms with Gasteiger partial charge in [0.15, 0.2) is 0 Å². The first-order valence-electron chi connectivity index (χ1n) is 12.4. The highest BCUT2D eigenvalue weighted by Crippen LogP contribution is 2.28. The van der Waals surface area contributed by atoms with Gasteiger partial charge in [-0.05, 0) is 42.7 Å². The second-order valence-electron chi connectivity index (χ2n) is 8.95. The maximum atomic E-state index is 14.9. The fourth-order valence-electron chi connectivity index (χ4n) is 3.82. The van der Waals surface area contributed by atoms with Crippen molar-refractivity contribution in [2.45, 2.75) is 24.3 Å². The summed E-state index contributed by atoms with van der Waals surface area (Å²) in [5, 5.41) is 14.6. The molecule has 3 aromatic carbocycles. The van der Waals surface area contributed by atoms with Crippen LogP contribution in [0.2, 0.25) is 0 Å². The molecule has 0 heterocycles. The first kappa shape index (κ1) is 30.8. The molecular weight excluding hydrogens is 557 g/mol. The van der Waals surface area contributed by atoms with E-state index in [0.717, 1.165) is 18.6 Å². The molecule has 3 aromatic rings. The minimum atomic E-state index is -4.37. The van der Waals surface area contributed by atoms with Gasteiger partial charge in [0.25, 0.3) is 21.8 Å². The van der Waals surface area contributed by atoms with Crippen LogP contribution in [0.5, 0.6) is 0 Å². The maximum Gasteiger partial charge on any atom is 0.264 e. The summed E-state index contributed by atoms with van der Waals surface area (Å²) in [7, 11) is -4.37. The summed E-state index contributed by atoms with van der Waals surface area (Å²) < 4.78 is 42.1. The fraction of sp³-hybridized carbons (Fsp3) is 0.250. The number of hydrogen-bond donors (Lipinski definition) is 5. The third-order valence-corrected chi connectivity index (χ3v) is 7.79. The second kappa shape index (κ2) is 14.1. The first-order chi connectivity index (χ1) is 19.0. The number of benzene rings is 3. The molecule has 0 aliphatic rings. The summed E-state index contributed by atoms with van der Waals surface area (Å²) in [5.41, 5.74) is 0.989. The molecule has 2 atom stereocenters. The molecule has 0 spiro atoms. The Morgan fingerprint density at radius 2 is 1.57 bits per heavy atom. The van der Waals surface area contributed by atoms with Gasteiger partial charge in [0, 0.05) is 24.4 Å². The van der Waals surface area contributed by atoms with Crippen LogP contribution in [0.4, 0.5) is 4.39 Å². The summed E-state index contributed by atoms with van der Waals surface area (Å²) in [6.07, 6.45) is -1.03. The van der Waals surface area contributed by atoms with Gasteiger partial charge >= 0.3 is 0 Å². The smallest absolute Gasteiger partial charge is 0.264 e. The molecule has 4 N–H and O–H groups in total. The van der Waals surface area contributed by atoms with Gasteiger partial charge in [-0.1, -0.05) is 54.6 Å². The van der Waals surface area contributed by atoms with E-state index in [9.17, 15) is 32.3 Å². The van der Waals surface area contributed by atoms with Crippen LogP contribution in [0.15, 0.2) is 77.7 Å². The van der Waals surface area contributed by atoms with E-state index >= 15 is 0 Å². The number of aliphatic hydroxyl groups is 1. The summed E-state index contributed by atoms with van der Waals surface area (Å²) in [4.78, 5) is 36.5. The number of thiol groups is 1. The van der Waals surface area contributed by atoms with Crippen LogP contribution >= 0.6 is 12.6 Å². The quantitative estimate of drug-likeness (QED) is 0.163. The van der Waals surface area contributed by atoms with Crippen molar-refractivity contribution in [3.05, 3.63) is 89.7 Å². The molecule has 12 heteroatoms. The van der Waals surface area contributed by atoms with Crippen LogP contribution in [0.1, 0.15) is 22.8 Å². The van der Waals surface area contributed by atoms with Crippen molar-refractivity contribution in [2.24, 2.45) is 5.92 Å². The van der Waals surface area contributed by atoms with Gasteiger partial charge in [-0.3, -0.25) is 14.4 Å². The number of halogens is 1. The number of aliphatic hydroxyl groups excluding tert-OH is 1. The molecule has 0 radical (unpaired) electrons. The molecule has 0 unspecified atom stereocenters. The highest BCUT2D eigenvalue weighted by molar-refractivity contribution is 7.90. The Balaban J connectivity index is 1.62. The number of nitrogens with one attached hydrogen (secondary N) is 3. The third-order valence-electron chi connectivity index (χ3n) is 5.94. The van der Waals surface area contributed by atoms with Crippen molar-refractivity contribution in [3.8, 4) is 11.1 Å². The Morgan fingerprint density at radius 1 is 0.925 bits per heavy atom. The Hall–Kier alpha value is -3.74. The number of amides is 3. The van der Waals surface area contributed by atoms with E-state index in [2.05, 4.69) is 23.3 Å². The van der Waals surface area contributed by atoms with E-state index in [-0.39, 0.29) is 46.5 Å². The second-order valence-corrected chi connectivity index (χ2v) is 11.0. The molecule has 3 rings (SSSR count). The molecule has 0 aromatic heterocycles. The van der Waals surface area contributed by atoms with Gasteiger partial charge in [0.1, 0.15) is 11.9 Å². The van der Waals surface area contributed by atoms with Crippen LogP contribution in [-0.2, 0) is 26.0 Å². The minimum absolute atomic E-state index is 0.0560. The lowest BCUT2D eigenvalue weighted by atomic mass is 10.0. The normalized spacial score (nSPS) is 12.7. The molecule has 0 aliphatic carbocycles. The lowest BCUT2D eigenvalue weighted by Crippen LogP contribution is -2.38. The summed E-state index contributed by atoms with van der Waals surface area (Å²) >= 11 is 4.27. The molecule has 212 valence electrons. The third kappa shape index (κ3) is 8.13. The van der Waals surface area contributed by atoms with Crippen molar-refractivity contribution in [1.29, 1.82) is 0 Å². The first-order valence-corrected chi connectivity index (χ1v) is 14.5. The SMILES string of the molecule is C[C@H](O)C(=O)NS(=O)(=O)c1ccccc1-c1ccc(C(=O)NCCNC(=O)[C@@H](CS)Cc2ccccc2)c(F)c1. The van der Waals surface area contributed by atoms with Gasteiger partial charge in [-0.15, -0.1) is 0 Å². The average molecular weight is 588 g/mol. The number of rotatable bonds is 12. The molecule has 0 saturated heterocycles. The summed E-state index contributed by atoms with van der Waals surface area (Å²) in [5.74, 6) is -2.92. The minimum Gasteiger partial charge on any atom is -0.384 e. The van der Waals surface area contributed by atoms with E-state index in [1.165, 1.54) is 36.4 Å². The largest absolute Gasteiger partial charge is 0.384 e. The van der Waals surface area contributed by atoms with E-state index in [1.807, 2.05) is 30.3 Å². The Kier molecular flexibility index (Phi) is 10.8. The Morgan fingerprint density at radius 3 is 2.23 bits per heavy atom. The van der Waals surface area contributed by atoms with E-state index < -0.39 is 33.8 Å². The average Bonchev–Trinajstić information content (AvgIpc) is 2.94. The Labute approximate surface area is 237 Å². The predicted molar refractivity (Wildman–Crippen MR) is 152 cm³/mol. The number of hydrogen-bond acceptors (Lipinski definition) is 7. The van der Waals surface area contributed by atoms with Crippen LogP contribution in [0.3, 0.4) is 0 Å². The van der Waals surface area contributed by atoms with E-state index in [1.54, 1.807) is 4.72 Å². The standard InChI is InChI=1S/C28H30FN3O6S2/c1-18(33)26(34)32-40(37,38)25-10-6-5-9-22(25)20-11-12-23(24(29)16-20)28(36)31-14-13-30-27(35)21(17-39)15-19-7-3-2-4-8-19/h2-12,16,18,21,33,39H,13-15,17H2,1H3,(H,30,35)(H,31,36)(H,32,34)/t18-,21+/m0/s1. The zero-order chi connectivity index (χ0) is 29.3. The molecule has 0 aliphatic heterocycles. The molecule has 40 heavy (non-hydrogen) atoms. The van der Waals surface area contributed by atoms with Crippen molar-refractivity contribution in [2.75, 3.05) is 18.8 Å². The van der Waals surface area contributed by atoms with Gasteiger partial charge in [0.2, 0.25) is 5.91 Å². The van der Waals surface area contributed by atoms with Crippen molar-refractivity contribution in [1.82, 2.24) is 15.4 Å². The lowest BCUT2D eigenvalue weighted by molar-refractivity contribution is -0.126. The number of carbonyl (C=O) groups excluding carboxylic acids is 3. The molecular formula is C28H30FN3O6S2. The van der Waals surface area contributed by atoms with E-state index in [4.69, 9.17) is 0 Å². The van der Waals surface area contributed by atoms with E-state index in [0.29, 0.717) is 12.2 Å². The number of sulfonamides is 1. The van der Waals surface area contributed by atoms with Crippen molar-refractivity contribution >= 4 is 40.4 Å². The van der Waals surface area contributed by atoms with Crippen LogP contribution in [-0.4, -0.2) is 56.2 Å². The predicted octanol–water partition coefficient (Wildman–Crippen LogP) is 2.31. The lowest BCUT2D eigenvalue weighted by Gasteiger charge is -2.15. The van der Waals surface area contributed by atoms with Crippen LogP contribution in [0, 0.1) is 11.7 Å². The van der Waals surface area contributed by atoms with Crippen molar-refractivity contribution in [3.63, 3.8) is 0 Å². The van der Waals surface area contributed by atoms with Gasteiger partial charge in [-0.2, -0.15) is 12.6 Å². The summed E-state index contributed by atoms with van der Waals surface area (Å²) in [6.45, 7) is 1.31. The molecule has 0 fully saturated rings. The topological polar surface area (TPSA) is 142 Å². The van der Waals surface area contributed by atoms with Crippen LogP contribution in [0.25, 0.3) is 11.1 Å². The molecule has 3 amide bonds. The van der Waals surface area contributed by atoms with Crippen LogP contribution < -0.4 is 15.4 Å². The number of carbonyl (C=O) groups is 3.